The Balaban J connectivity index is 2.01. The predicted octanol–water partition coefficient (Wildman–Crippen LogP) is 3.87. The molecule has 98 valence electrons. The van der Waals surface area contributed by atoms with Crippen molar-refractivity contribution in [2.75, 3.05) is 16.4 Å². The first-order valence-corrected chi connectivity index (χ1v) is 6.12. The van der Waals surface area contributed by atoms with Gasteiger partial charge >= 0.3 is 6.03 Å². The fourth-order valence-corrected chi connectivity index (χ4v) is 1.70. The molecule has 0 aliphatic rings. The smallest absolute Gasteiger partial charge is 0.323 e. The summed E-state index contributed by atoms with van der Waals surface area (Å²) in [6.07, 6.45) is 0. The molecule has 4 nitrogen and oxygen atoms in total. The van der Waals surface area contributed by atoms with Crippen molar-refractivity contribution in [3.63, 3.8) is 0 Å². The van der Waals surface area contributed by atoms with Gasteiger partial charge in [-0.25, -0.2) is 4.79 Å². The Hall–Kier alpha value is -2.20. The van der Waals surface area contributed by atoms with Crippen molar-refractivity contribution in [3.05, 3.63) is 53.1 Å². The van der Waals surface area contributed by atoms with Crippen LogP contribution in [0.15, 0.2) is 42.5 Å². The highest BCUT2D eigenvalue weighted by atomic mass is 35.5. The molecular weight excluding hydrogens is 262 g/mol. The maximum absolute atomic E-state index is 11.8. The molecule has 2 amide bonds. The molecule has 2 aromatic rings. The minimum Gasteiger partial charge on any atom is -0.399 e. The number of carbonyl (C=O) groups excluding carboxylic acids is 1. The molecule has 0 bridgehead atoms. The van der Waals surface area contributed by atoms with Crippen molar-refractivity contribution in [1.29, 1.82) is 0 Å². The number of hydrogen-bond donors (Lipinski definition) is 3. The van der Waals surface area contributed by atoms with E-state index in [0.29, 0.717) is 22.1 Å². The lowest BCUT2D eigenvalue weighted by molar-refractivity contribution is 0.262. The summed E-state index contributed by atoms with van der Waals surface area (Å²) < 4.78 is 0. The van der Waals surface area contributed by atoms with Crippen LogP contribution in [-0.2, 0) is 0 Å². The maximum atomic E-state index is 11.8. The van der Waals surface area contributed by atoms with Gasteiger partial charge in [0.05, 0.1) is 0 Å². The number of rotatable bonds is 2. The lowest BCUT2D eigenvalue weighted by atomic mass is 10.2. The van der Waals surface area contributed by atoms with Crippen molar-refractivity contribution in [2.45, 2.75) is 6.92 Å². The summed E-state index contributed by atoms with van der Waals surface area (Å²) >= 11 is 5.92. The number of benzene rings is 2. The van der Waals surface area contributed by atoms with Gasteiger partial charge in [0.25, 0.3) is 0 Å². The molecule has 0 saturated carbocycles. The van der Waals surface area contributed by atoms with Crippen molar-refractivity contribution in [3.8, 4) is 0 Å². The maximum Gasteiger partial charge on any atom is 0.323 e. The molecule has 0 spiro atoms. The average Bonchev–Trinajstić information content (AvgIpc) is 2.37. The van der Waals surface area contributed by atoms with Crippen LogP contribution < -0.4 is 16.4 Å². The Morgan fingerprint density at radius 1 is 1.05 bits per heavy atom. The number of anilines is 3. The second kappa shape index (κ2) is 5.63. The molecule has 0 unspecified atom stereocenters. The number of aryl methyl sites for hydroxylation is 1. The number of nitrogens with one attached hydrogen (secondary N) is 2. The molecule has 2 rings (SSSR count). The second-order valence-corrected chi connectivity index (χ2v) is 4.57. The Labute approximate surface area is 116 Å². The molecule has 4 N–H and O–H groups in total. The first-order chi connectivity index (χ1) is 9.04. The van der Waals surface area contributed by atoms with Gasteiger partial charge in [-0.2, -0.15) is 0 Å². The molecule has 5 heteroatoms. The van der Waals surface area contributed by atoms with Crippen molar-refractivity contribution < 1.29 is 4.79 Å². The van der Waals surface area contributed by atoms with Gasteiger partial charge < -0.3 is 16.4 Å². The van der Waals surface area contributed by atoms with E-state index in [1.807, 2.05) is 13.0 Å². The molecule has 2 aromatic carbocycles. The molecule has 0 radical (unpaired) electrons. The number of nitrogens with two attached hydrogens (primary N) is 1. The van der Waals surface area contributed by atoms with Crippen LogP contribution >= 0.6 is 11.6 Å². The van der Waals surface area contributed by atoms with Crippen LogP contribution in [0.1, 0.15) is 5.56 Å². The summed E-state index contributed by atoms with van der Waals surface area (Å²) in [5.74, 6) is 0. The average molecular weight is 276 g/mol. The normalized spacial score (nSPS) is 10.0. The third-order valence-electron chi connectivity index (χ3n) is 2.58. The second-order valence-electron chi connectivity index (χ2n) is 4.17. The third-order valence-corrected chi connectivity index (χ3v) is 3.01. The van der Waals surface area contributed by atoms with Crippen LogP contribution in [0.25, 0.3) is 0 Å². The van der Waals surface area contributed by atoms with Crippen molar-refractivity contribution in [1.82, 2.24) is 0 Å². The van der Waals surface area contributed by atoms with Crippen LogP contribution in [0.5, 0.6) is 0 Å². The number of nitrogen functional groups attached to an aromatic ring is 1. The van der Waals surface area contributed by atoms with Gasteiger partial charge in [0, 0.05) is 22.1 Å². The van der Waals surface area contributed by atoms with Crippen molar-refractivity contribution in [2.24, 2.45) is 0 Å². The topological polar surface area (TPSA) is 67.2 Å². The van der Waals surface area contributed by atoms with Crippen LogP contribution in [0, 0.1) is 6.92 Å². The number of urea groups is 1. The largest absolute Gasteiger partial charge is 0.399 e. The molecule has 0 aromatic heterocycles. The van der Waals surface area contributed by atoms with E-state index in [1.54, 1.807) is 36.4 Å². The summed E-state index contributed by atoms with van der Waals surface area (Å²) in [7, 11) is 0. The van der Waals surface area contributed by atoms with Gasteiger partial charge in [-0.05, 0) is 55.0 Å². The van der Waals surface area contributed by atoms with Gasteiger partial charge in [-0.15, -0.1) is 0 Å². The van der Waals surface area contributed by atoms with Crippen LogP contribution in [0.4, 0.5) is 21.9 Å². The number of amides is 2. The fraction of sp³-hybridized carbons (Fsp3) is 0.0714. The van der Waals surface area contributed by atoms with E-state index < -0.39 is 0 Å². The van der Waals surface area contributed by atoms with Crippen LogP contribution in [-0.4, -0.2) is 6.03 Å². The minimum absolute atomic E-state index is 0.313. The standard InChI is InChI=1S/C14H14ClN3O/c1-9-8-12(6-7-13(9)15)18-14(19)17-11-4-2-10(16)3-5-11/h2-8H,16H2,1H3,(H2,17,18,19). The zero-order chi connectivity index (χ0) is 13.8. The monoisotopic (exact) mass is 275 g/mol. The zero-order valence-electron chi connectivity index (χ0n) is 10.4. The zero-order valence-corrected chi connectivity index (χ0v) is 11.2. The highest BCUT2D eigenvalue weighted by Crippen LogP contribution is 2.19. The van der Waals surface area contributed by atoms with E-state index in [-0.39, 0.29) is 6.03 Å². The van der Waals surface area contributed by atoms with E-state index in [1.165, 1.54) is 0 Å². The quantitative estimate of drug-likeness (QED) is 0.728. The number of carbonyl (C=O) groups is 1. The van der Waals surface area contributed by atoms with E-state index in [4.69, 9.17) is 17.3 Å². The van der Waals surface area contributed by atoms with E-state index >= 15 is 0 Å². The highest BCUT2D eigenvalue weighted by Gasteiger charge is 2.03. The minimum atomic E-state index is -0.313. The lowest BCUT2D eigenvalue weighted by Gasteiger charge is -2.09. The molecule has 0 aliphatic heterocycles. The molecular formula is C14H14ClN3O. The summed E-state index contributed by atoms with van der Waals surface area (Å²) in [5.41, 5.74) is 8.50. The first kappa shape index (κ1) is 13.2. The van der Waals surface area contributed by atoms with Crippen LogP contribution in [0.3, 0.4) is 0 Å². The Morgan fingerprint density at radius 2 is 1.63 bits per heavy atom. The SMILES string of the molecule is Cc1cc(NC(=O)Nc2ccc(N)cc2)ccc1Cl. The molecule has 0 aliphatic carbocycles. The molecule has 0 atom stereocenters. The van der Waals surface area contributed by atoms with Gasteiger partial charge in [0.1, 0.15) is 0 Å². The summed E-state index contributed by atoms with van der Waals surface area (Å²) in [5, 5.41) is 6.12. The Kier molecular flexibility index (Phi) is 3.92. The number of hydrogen-bond acceptors (Lipinski definition) is 2. The molecule has 0 heterocycles. The van der Waals surface area contributed by atoms with E-state index in [2.05, 4.69) is 10.6 Å². The Bertz CT molecular complexity index is 596. The van der Waals surface area contributed by atoms with Gasteiger partial charge in [0.15, 0.2) is 0 Å². The van der Waals surface area contributed by atoms with E-state index in [9.17, 15) is 4.79 Å². The predicted molar refractivity (Wildman–Crippen MR) is 79.7 cm³/mol. The van der Waals surface area contributed by atoms with Crippen LogP contribution in [0.2, 0.25) is 5.02 Å². The fourth-order valence-electron chi connectivity index (χ4n) is 1.58. The van der Waals surface area contributed by atoms with Gasteiger partial charge in [-0.3, -0.25) is 0 Å². The first-order valence-electron chi connectivity index (χ1n) is 5.74. The summed E-state index contributed by atoms with van der Waals surface area (Å²) in [6, 6.07) is 11.9. The number of halogens is 1. The summed E-state index contributed by atoms with van der Waals surface area (Å²) in [6.45, 7) is 1.88. The Morgan fingerprint density at radius 3 is 2.26 bits per heavy atom. The molecule has 0 saturated heterocycles. The third kappa shape index (κ3) is 3.63. The molecule has 0 fully saturated rings. The van der Waals surface area contributed by atoms with Crippen molar-refractivity contribution >= 4 is 34.7 Å². The molecule has 19 heavy (non-hydrogen) atoms. The highest BCUT2D eigenvalue weighted by molar-refractivity contribution is 6.31. The lowest BCUT2D eigenvalue weighted by Crippen LogP contribution is -2.19. The van der Waals surface area contributed by atoms with Gasteiger partial charge in [0.2, 0.25) is 0 Å². The van der Waals surface area contributed by atoms with Gasteiger partial charge in [-0.1, -0.05) is 11.6 Å². The van der Waals surface area contributed by atoms with E-state index in [0.717, 1.165) is 5.56 Å². The summed E-state index contributed by atoms with van der Waals surface area (Å²) in [4.78, 5) is 11.8.